The van der Waals surface area contributed by atoms with Gasteiger partial charge in [0.2, 0.25) is 0 Å². The molecule has 0 saturated heterocycles. The molecule has 2 rings (SSSR count). The molecule has 0 bridgehead atoms. The Labute approximate surface area is 138 Å². The Balaban J connectivity index is 2.42. The molecule has 1 heterocycles. The minimum Gasteiger partial charge on any atom is -0.478 e. The predicted octanol–water partition coefficient (Wildman–Crippen LogP) is 4.10. The van der Waals surface area contributed by atoms with E-state index in [1.54, 1.807) is 12.1 Å². The molecule has 5 nitrogen and oxygen atoms in total. The zero-order chi connectivity index (χ0) is 15.6. The maximum atomic E-state index is 12.2. The molecule has 0 spiro atoms. The molecule has 1 aromatic heterocycles. The summed E-state index contributed by atoms with van der Waals surface area (Å²) in [4.78, 5) is 27.3. The number of nitrogens with zero attached hydrogens (tertiary/aromatic N) is 1. The van der Waals surface area contributed by atoms with Gasteiger partial charge in [-0.2, -0.15) is 0 Å². The van der Waals surface area contributed by atoms with Crippen molar-refractivity contribution in [1.29, 1.82) is 0 Å². The predicted molar refractivity (Wildman–Crippen MR) is 83.3 cm³/mol. The molecule has 0 aliphatic carbocycles. The second-order valence-corrected chi connectivity index (χ2v) is 5.60. The standard InChI is InChI=1S/C13H7BrCl2N2O3/c14-8-2-1-3-17-11(8)12(19)18-10-7(13(20)21)4-6(15)5-9(10)16/h1-5H,(H,18,19)(H,20,21). The van der Waals surface area contributed by atoms with E-state index < -0.39 is 11.9 Å². The van der Waals surface area contributed by atoms with E-state index in [-0.39, 0.29) is 27.0 Å². The Hall–Kier alpha value is -1.63. The average Bonchev–Trinajstić information content (AvgIpc) is 2.41. The minimum atomic E-state index is -1.25. The number of anilines is 1. The van der Waals surface area contributed by atoms with Gasteiger partial charge in [0.1, 0.15) is 5.69 Å². The molecule has 1 amide bonds. The summed E-state index contributed by atoms with van der Waals surface area (Å²) in [6, 6.07) is 5.85. The summed E-state index contributed by atoms with van der Waals surface area (Å²) in [5.41, 5.74) is -0.121. The lowest BCUT2D eigenvalue weighted by molar-refractivity contribution is 0.0698. The van der Waals surface area contributed by atoms with Crippen molar-refractivity contribution in [3.63, 3.8) is 0 Å². The topological polar surface area (TPSA) is 79.3 Å². The van der Waals surface area contributed by atoms with Crippen molar-refractivity contribution in [2.75, 3.05) is 5.32 Å². The van der Waals surface area contributed by atoms with E-state index in [4.69, 9.17) is 28.3 Å². The summed E-state index contributed by atoms with van der Waals surface area (Å²) in [7, 11) is 0. The van der Waals surface area contributed by atoms with Crippen LogP contribution in [0, 0.1) is 0 Å². The second kappa shape index (κ2) is 6.43. The molecule has 21 heavy (non-hydrogen) atoms. The van der Waals surface area contributed by atoms with E-state index in [1.165, 1.54) is 18.3 Å². The third-order valence-electron chi connectivity index (χ3n) is 2.50. The molecule has 8 heteroatoms. The largest absolute Gasteiger partial charge is 0.478 e. The minimum absolute atomic E-state index is 0.0281. The van der Waals surface area contributed by atoms with Crippen LogP contribution in [0.5, 0.6) is 0 Å². The number of benzene rings is 1. The third-order valence-corrected chi connectivity index (χ3v) is 3.65. The van der Waals surface area contributed by atoms with Crippen molar-refractivity contribution in [2.45, 2.75) is 0 Å². The molecular weight excluding hydrogens is 383 g/mol. The number of carbonyl (C=O) groups is 2. The van der Waals surface area contributed by atoms with Crippen molar-refractivity contribution >= 4 is 56.7 Å². The molecule has 2 aromatic rings. The second-order valence-electron chi connectivity index (χ2n) is 3.90. The molecule has 0 aliphatic rings. The smallest absolute Gasteiger partial charge is 0.337 e. The van der Waals surface area contributed by atoms with Crippen LogP contribution in [0.2, 0.25) is 10.0 Å². The van der Waals surface area contributed by atoms with Crippen molar-refractivity contribution in [2.24, 2.45) is 0 Å². The molecule has 0 aliphatic heterocycles. The zero-order valence-corrected chi connectivity index (χ0v) is 13.3. The Kier molecular flexibility index (Phi) is 4.82. The van der Waals surface area contributed by atoms with Gasteiger partial charge in [-0.15, -0.1) is 0 Å². The van der Waals surface area contributed by atoms with Crippen LogP contribution in [0.1, 0.15) is 20.8 Å². The van der Waals surface area contributed by atoms with Crippen LogP contribution in [0.4, 0.5) is 5.69 Å². The summed E-state index contributed by atoms with van der Waals surface area (Å²) >= 11 is 14.9. The fourth-order valence-corrected chi connectivity index (χ4v) is 2.57. The lowest BCUT2D eigenvalue weighted by Crippen LogP contribution is -2.17. The average molecular weight is 390 g/mol. The number of hydrogen-bond acceptors (Lipinski definition) is 3. The van der Waals surface area contributed by atoms with Gasteiger partial charge in [-0.05, 0) is 40.2 Å². The zero-order valence-electron chi connectivity index (χ0n) is 10.2. The van der Waals surface area contributed by atoms with Crippen LogP contribution in [-0.2, 0) is 0 Å². The van der Waals surface area contributed by atoms with Gasteiger partial charge in [-0.25, -0.2) is 9.78 Å². The number of pyridine rings is 1. The molecule has 0 saturated carbocycles. The van der Waals surface area contributed by atoms with Gasteiger partial charge in [0, 0.05) is 15.7 Å². The maximum Gasteiger partial charge on any atom is 0.337 e. The number of aromatic carboxylic acids is 1. The van der Waals surface area contributed by atoms with E-state index in [0.717, 1.165) is 0 Å². The Morgan fingerprint density at radius 3 is 2.62 bits per heavy atom. The van der Waals surface area contributed by atoms with Gasteiger partial charge >= 0.3 is 5.97 Å². The number of aromatic nitrogens is 1. The number of rotatable bonds is 3. The maximum absolute atomic E-state index is 12.2. The van der Waals surface area contributed by atoms with E-state index >= 15 is 0 Å². The lowest BCUT2D eigenvalue weighted by atomic mass is 10.1. The van der Waals surface area contributed by atoms with Gasteiger partial charge in [-0.3, -0.25) is 4.79 Å². The van der Waals surface area contributed by atoms with Gasteiger partial charge in [0.25, 0.3) is 5.91 Å². The van der Waals surface area contributed by atoms with Crippen molar-refractivity contribution in [1.82, 2.24) is 4.98 Å². The summed E-state index contributed by atoms with van der Waals surface area (Å²) in [5, 5.41) is 11.8. The van der Waals surface area contributed by atoms with E-state index in [0.29, 0.717) is 4.47 Å². The Morgan fingerprint density at radius 1 is 1.29 bits per heavy atom. The van der Waals surface area contributed by atoms with Crippen LogP contribution in [0.3, 0.4) is 0 Å². The molecule has 0 radical (unpaired) electrons. The quantitative estimate of drug-likeness (QED) is 0.828. The lowest BCUT2D eigenvalue weighted by Gasteiger charge is -2.11. The number of amides is 1. The summed E-state index contributed by atoms with van der Waals surface area (Å²) < 4.78 is 0.476. The first-order valence-corrected chi connectivity index (χ1v) is 7.09. The van der Waals surface area contributed by atoms with Crippen LogP contribution in [0.15, 0.2) is 34.9 Å². The van der Waals surface area contributed by atoms with Crippen LogP contribution < -0.4 is 5.32 Å². The van der Waals surface area contributed by atoms with Crippen LogP contribution >= 0.6 is 39.1 Å². The van der Waals surface area contributed by atoms with Gasteiger partial charge < -0.3 is 10.4 Å². The summed E-state index contributed by atoms with van der Waals surface area (Å²) in [6.07, 6.45) is 1.45. The molecule has 0 atom stereocenters. The number of halogens is 3. The SMILES string of the molecule is O=C(O)c1cc(Cl)cc(Cl)c1NC(=O)c1ncccc1Br. The van der Waals surface area contributed by atoms with Crippen LogP contribution in [-0.4, -0.2) is 22.0 Å². The van der Waals surface area contributed by atoms with Crippen molar-refractivity contribution in [3.05, 3.63) is 56.2 Å². The highest BCUT2D eigenvalue weighted by Gasteiger charge is 2.19. The highest BCUT2D eigenvalue weighted by molar-refractivity contribution is 9.10. The normalized spacial score (nSPS) is 10.2. The molecule has 1 aromatic carbocycles. The first-order valence-electron chi connectivity index (χ1n) is 5.54. The number of nitrogens with one attached hydrogen (secondary N) is 1. The van der Waals surface area contributed by atoms with E-state index in [2.05, 4.69) is 26.2 Å². The Bertz CT molecular complexity index is 737. The first kappa shape index (κ1) is 15.8. The van der Waals surface area contributed by atoms with E-state index in [1.807, 2.05) is 0 Å². The first-order chi connectivity index (χ1) is 9.90. The molecule has 2 N–H and O–H groups in total. The summed E-state index contributed by atoms with van der Waals surface area (Å²) in [5.74, 6) is -1.84. The fourth-order valence-electron chi connectivity index (χ4n) is 1.59. The highest BCUT2D eigenvalue weighted by atomic mass is 79.9. The van der Waals surface area contributed by atoms with Gasteiger partial charge in [0.05, 0.1) is 16.3 Å². The third kappa shape index (κ3) is 3.53. The van der Waals surface area contributed by atoms with Crippen molar-refractivity contribution in [3.8, 4) is 0 Å². The monoisotopic (exact) mass is 388 g/mol. The number of carboxylic acids is 1. The number of hydrogen-bond donors (Lipinski definition) is 2. The fraction of sp³-hybridized carbons (Fsp3) is 0. The Morgan fingerprint density at radius 2 is 2.00 bits per heavy atom. The number of carboxylic acid groups (broad SMARTS) is 1. The summed E-state index contributed by atoms with van der Waals surface area (Å²) in [6.45, 7) is 0. The van der Waals surface area contributed by atoms with Gasteiger partial charge in [0.15, 0.2) is 0 Å². The highest BCUT2D eigenvalue weighted by Crippen LogP contribution is 2.31. The molecule has 0 fully saturated rings. The number of carbonyl (C=O) groups excluding carboxylic acids is 1. The van der Waals surface area contributed by atoms with Crippen LogP contribution in [0.25, 0.3) is 0 Å². The molecule has 0 unspecified atom stereocenters. The van der Waals surface area contributed by atoms with E-state index in [9.17, 15) is 9.59 Å². The van der Waals surface area contributed by atoms with Gasteiger partial charge in [-0.1, -0.05) is 23.2 Å². The van der Waals surface area contributed by atoms with Crippen molar-refractivity contribution < 1.29 is 14.7 Å². The molecule has 108 valence electrons. The molecular formula is C13H7BrCl2N2O3.